The maximum absolute atomic E-state index is 12.9. The Balaban J connectivity index is 1.44. The molecule has 0 aliphatic heterocycles. The minimum atomic E-state index is -0.571. The number of benzene rings is 3. The van der Waals surface area contributed by atoms with E-state index < -0.39 is 10.8 Å². The summed E-state index contributed by atoms with van der Waals surface area (Å²) in [4.78, 5) is 35.5. The second-order valence-electron chi connectivity index (χ2n) is 7.16. The summed E-state index contributed by atoms with van der Waals surface area (Å²) in [6.07, 6.45) is 1.42. The molecule has 0 saturated carbocycles. The number of anilines is 1. The van der Waals surface area contributed by atoms with Gasteiger partial charge in [-0.2, -0.15) is 0 Å². The normalized spacial score (nSPS) is 10.4. The molecule has 0 aliphatic carbocycles. The van der Waals surface area contributed by atoms with Gasteiger partial charge >= 0.3 is 0 Å². The van der Waals surface area contributed by atoms with Crippen LogP contribution in [-0.4, -0.2) is 16.7 Å². The Morgan fingerprint density at radius 2 is 1.68 bits per heavy atom. The van der Waals surface area contributed by atoms with E-state index >= 15 is 0 Å². The fourth-order valence-electron chi connectivity index (χ4n) is 3.10. The molecule has 0 bridgehead atoms. The Kier molecular flexibility index (Phi) is 6.64. The quantitative estimate of drug-likeness (QED) is 0.278. The van der Waals surface area contributed by atoms with Crippen molar-refractivity contribution in [2.24, 2.45) is 0 Å². The Morgan fingerprint density at radius 1 is 0.912 bits per heavy atom. The number of rotatable bonds is 8. The van der Waals surface area contributed by atoms with Gasteiger partial charge in [-0.3, -0.25) is 19.7 Å². The molecule has 1 aromatic heterocycles. The molecule has 0 fully saturated rings. The first-order valence-electron chi connectivity index (χ1n) is 10.2. The smallest absolute Gasteiger partial charge is 0.291 e. The van der Waals surface area contributed by atoms with Crippen molar-refractivity contribution in [3.05, 3.63) is 118 Å². The first-order valence-corrected chi connectivity index (χ1v) is 10.2. The van der Waals surface area contributed by atoms with Gasteiger partial charge in [0.1, 0.15) is 11.5 Å². The van der Waals surface area contributed by atoms with E-state index in [0.717, 1.165) is 5.56 Å². The number of nitro groups is 1. The van der Waals surface area contributed by atoms with Crippen molar-refractivity contribution in [1.82, 2.24) is 5.32 Å². The number of nitro benzene ring substituents is 1. The van der Waals surface area contributed by atoms with Gasteiger partial charge in [0.25, 0.3) is 17.5 Å². The zero-order valence-corrected chi connectivity index (χ0v) is 17.8. The van der Waals surface area contributed by atoms with Gasteiger partial charge in [0, 0.05) is 24.4 Å². The number of non-ortho nitro benzene ring substituents is 1. The number of amides is 2. The Hall–Kier alpha value is -4.92. The van der Waals surface area contributed by atoms with E-state index in [1.54, 1.807) is 60.7 Å². The first kappa shape index (κ1) is 22.3. The minimum absolute atomic E-state index is 0.0420. The van der Waals surface area contributed by atoms with Gasteiger partial charge in [0.15, 0.2) is 5.76 Å². The second-order valence-corrected chi connectivity index (χ2v) is 7.16. The number of hydrogen-bond acceptors (Lipinski definition) is 6. The molecule has 0 radical (unpaired) electrons. The monoisotopic (exact) mass is 457 g/mol. The highest BCUT2D eigenvalue weighted by atomic mass is 16.6. The lowest BCUT2D eigenvalue weighted by molar-refractivity contribution is -0.384. The molecule has 2 amide bonds. The fraction of sp³-hybridized carbons (Fsp3) is 0.0400. The van der Waals surface area contributed by atoms with E-state index in [0.29, 0.717) is 11.4 Å². The van der Waals surface area contributed by atoms with E-state index in [2.05, 4.69) is 10.6 Å². The van der Waals surface area contributed by atoms with Crippen LogP contribution in [0.4, 0.5) is 11.4 Å². The van der Waals surface area contributed by atoms with E-state index in [1.807, 2.05) is 6.07 Å². The summed E-state index contributed by atoms with van der Waals surface area (Å²) in [6.45, 7) is 0.165. The number of para-hydroxylation sites is 1. The van der Waals surface area contributed by atoms with Gasteiger partial charge in [-0.05, 0) is 48.0 Å². The third-order valence-electron chi connectivity index (χ3n) is 4.80. The zero-order valence-electron chi connectivity index (χ0n) is 17.8. The molecular weight excluding hydrogens is 438 g/mol. The number of carbonyl (C=O) groups is 2. The summed E-state index contributed by atoms with van der Waals surface area (Å²) < 4.78 is 10.8. The third kappa shape index (κ3) is 5.46. The third-order valence-corrected chi connectivity index (χ3v) is 4.80. The van der Waals surface area contributed by atoms with Crippen molar-refractivity contribution >= 4 is 23.2 Å². The average Bonchev–Trinajstić information content (AvgIpc) is 3.39. The van der Waals surface area contributed by atoms with E-state index in [9.17, 15) is 19.7 Å². The van der Waals surface area contributed by atoms with Gasteiger partial charge in [0.05, 0.1) is 16.7 Å². The lowest BCUT2D eigenvalue weighted by Gasteiger charge is -2.12. The molecule has 0 aliphatic rings. The molecule has 9 heteroatoms. The number of carbonyl (C=O) groups excluding carboxylic acids is 2. The van der Waals surface area contributed by atoms with E-state index in [1.165, 1.54) is 24.5 Å². The number of furan rings is 1. The van der Waals surface area contributed by atoms with Crippen LogP contribution < -0.4 is 15.4 Å². The summed E-state index contributed by atoms with van der Waals surface area (Å²) in [5.74, 6) is -0.00260. The van der Waals surface area contributed by atoms with Gasteiger partial charge in [-0.15, -0.1) is 0 Å². The molecular formula is C25H19N3O6. The number of nitrogens with one attached hydrogen (secondary N) is 2. The fourth-order valence-corrected chi connectivity index (χ4v) is 3.10. The molecule has 9 nitrogen and oxygen atoms in total. The largest absolute Gasteiger partial charge is 0.459 e. The standard InChI is InChI=1S/C25H19N3O6/c29-24(21-15-19(28(31)32)12-13-22(21)34-20-5-2-1-3-6-20)26-16-17-8-10-18(11-9-17)27-25(30)23-7-4-14-33-23/h1-15H,16H2,(H,26,29)(H,27,30). The summed E-state index contributed by atoms with van der Waals surface area (Å²) in [7, 11) is 0. The SMILES string of the molecule is O=C(Nc1ccc(CNC(=O)c2cc([N+](=O)[O-])ccc2Oc2ccccc2)cc1)c1ccco1. The highest BCUT2D eigenvalue weighted by molar-refractivity contribution is 6.02. The average molecular weight is 457 g/mol. The predicted molar refractivity (Wildman–Crippen MR) is 124 cm³/mol. The van der Waals surface area contributed by atoms with E-state index in [-0.39, 0.29) is 35.2 Å². The highest BCUT2D eigenvalue weighted by Crippen LogP contribution is 2.29. The molecule has 3 aromatic carbocycles. The van der Waals surface area contributed by atoms with Crippen LogP contribution >= 0.6 is 0 Å². The summed E-state index contributed by atoms with van der Waals surface area (Å²) in [6, 6.07) is 22.7. The Bertz CT molecular complexity index is 1300. The van der Waals surface area contributed by atoms with Crippen molar-refractivity contribution in [1.29, 1.82) is 0 Å². The van der Waals surface area contributed by atoms with Crippen molar-refractivity contribution in [2.45, 2.75) is 6.54 Å². The van der Waals surface area contributed by atoms with Crippen LogP contribution in [0, 0.1) is 10.1 Å². The summed E-state index contributed by atoms with van der Waals surface area (Å²) in [5, 5.41) is 16.7. The first-order chi connectivity index (χ1) is 16.5. The topological polar surface area (TPSA) is 124 Å². The molecule has 170 valence electrons. The van der Waals surface area contributed by atoms with Crippen molar-refractivity contribution in [3.8, 4) is 11.5 Å². The Labute approximate surface area is 194 Å². The van der Waals surface area contributed by atoms with Crippen LogP contribution in [0.3, 0.4) is 0 Å². The van der Waals surface area contributed by atoms with Crippen LogP contribution in [-0.2, 0) is 6.54 Å². The molecule has 1 heterocycles. The van der Waals surface area contributed by atoms with Gasteiger partial charge in [-0.1, -0.05) is 30.3 Å². The van der Waals surface area contributed by atoms with Crippen LogP contribution in [0.2, 0.25) is 0 Å². The molecule has 4 rings (SSSR count). The second kappa shape index (κ2) is 10.1. The van der Waals surface area contributed by atoms with Gasteiger partial charge in [-0.25, -0.2) is 0 Å². The minimum Gasteiger partial charge on any atom is -0.459 e. The van der Waals surface area contributed by atoms with Crippen LogP contribution in [0.1, 0.15) is 26.5 Å². The molecule has 2 N–H and O–H groups in total. The number of hydrogen-bond donors (Lipinski definition) is 2. The molecule has 0 spiro atoms. The predicted octanol–water partition coefficient (Wildman–Crippen LogP) is 5.16. The molecule has 0 saturated heterocycles. The van der Waals surface area contributed by atoms with Crippen LogP contribution in [0.5, 0.6) is 11.5 Å². The molecule has 4 aromatic rings. The van der Waals surface area contributed by atoms with Gasteiger partial charge in [0.2, 0.25) is 0 Å². The lowest BCUT2D eigenvalue weighted by Crippen LogP contribution is -2.23. The Morgan fingerprint density at radius 3 is 2.35 bits per heavy atom. The zero-order chi connectivity index (χ0) is 23.9. The summed E-state index contributed by atoms with van der Waals surface area (Å²) in [5.41, 5.74) is 1.15. The molecule has 0 unspecified atom stereocenters. The maximum atomic E-state index is 12.9. The van der Waals surface area contributed by atoms with Gasteiger partial charge < -0.3 is 19.8 Å². The number of ether oxygens (including phenoxy) is 1. The summed E-state index contributed by atoms with van der Waals surface area (Å²) >= 11 is 0. The van der Waals surface area contributed by atoms with Crippen molar-refractivity contribution in [2.75, 3.05) is 5.32 Å². The molecule has 34 heavy (non-hydrogen) atoms. The van der Waals surface area contributed by atoms with Crippen molar-refractivity contribution < 1.29 is 23.7 Å². The number of nitrogens with zero attached hydrogens (tertiary/aromatic N) is 1. The molecule has 0 atom stereocenters. The highest BCUT2D eigenvalue weighted by Gasteiger charge is 2.18. The van der Waals surface area contributed by atoms with Crippen LogP contribution in [0.15, 0.2) is 95.6 Å². The van der Waals surface area contributed by atoms with Crippen molar-refractivity contribution in [3.63, 3.8) is 0 Å². The maximum Gasteiger partial charge on any atom is 0.291 e. The van der Waals surface area contributed by atoms with E-state index in [4.69, 9.17) is 9.15 Å². The van der Waals surface area contributed by atoms with Crippen LogP contribution in [0.25, 0.3) is 0 Å². The lowest BCUT2D eigenvalue weighted by atomic mass is 10.1.